The molecule has 116 valence electrons. The third-order valence-electron chi connectivity index (χ3n) is 3.29. The van der Waals surface area contributed by atoms with E-state index in [1.165, 1.54) is 12.3 Å². The maximum atomic E-state index is 11.9. The average molecular weight is 309 g/mol. The van der Waals surface area contributed by atoms with Gasteiger partial charge in [0.25, 0.3) is 5.91 Å². The highest BCUT2D eigenvalue weighted by atomic mass is 16.5. The van der Waals surface area contributed by atoms with Gasteiger partial charge < -0.3 is 15.2 Å². The van der Waals surface area contributed by atoms with Crippen LogP contribution in [0.1, 0.15) is 18.1 Å². The molecule has 2 aromatic rings. The number of phenols is 1. The van der Waals surface area contributed by atoms with Crippen molar-refractivity contribution in [1.29, 1.82) is 0 Å². The van der Waals surface area contributed by atoms with E-state index in [4.69, 9.17) is 4.74 Å². The maximum absolute atomic E-state index is 11.9. The lowest BCUT2D eigenvalue weighted by molar-refractivity contribution is -0.110. The van der Waals surface area contributed by atoms with Gasteiger partial charge in [0.1, 0.15) is 0 Å². The van der Waals surface area contributed by atoms with Crippen molar-refractivity contribution in [3.8, 4) is 11.5 Å². The molecule has 2 aromatic carbocycles. The van der Waals surface area contributed by atoms with E-state index in [2.05, 4.69) is 15.5 Å². The number of phenolic OH excluding ortho intramolecular Hbond substituents is 1. The van der Waals surface area contributed by atoms with Crippen LogP contribution in [-0.2, 0) is 4.79 Å². The highest BCUT2D eigenvalue weighted by Crippen LogP contribution is 2.26. The lowest BCUT2D eigenvalue weighted by Crippen LogP contribution is -2.13. The minimum atomic E-state index is -0.274. The monoisotopic (exact) mass is 309 g/mol. The molecule has 23 heavy (non-hydrogen) atoms. The normalized spacial score (nSPS) is 15.0. The quantitative estimate of drug-likeness (QED) is 0.672. The second-order valence-electron chi connectivity index (χ2n) is 4.85. The van der Waals surface area contributed by atoms with Crippen LogP contribution >= 0.6 is 0 Å². The SMILES string of the molecule is CCOc1cc(C=NN=C2C(=O)Nc3ccccc32)ccc1O. The van der Waals surface area contributed by atoms with Gasteiger partial charge >= 0.3 is 0 Å². The number of ether oxygens (including phenoxy) is 1. The van der Waals surface area contributed by atoms with Crippen LogP contribution in [-0.4, -0.2) is 29.5 Å². The summed E-state index contributed by atoms with van der Waals surface area (Å²) in [6, 6.07) is 12.2. The molecule has 6 heteroatoms. The number of nitrogens with zero attached hydrogens (tertiary/aromatic N) is 2. The predicted octanol–water partition coefficient (Wildman–Crippen LogP) is 2.57. The summed E-state index contributed by atoms with van der Waals surface area (Å²) in [6.07, 6.45) is 1.50. The lowest BCUT2D eigenvalue weighted by Gasteiger charge is -2.05. The van der Waals surface area contributed by atoms with Crippen molar-refractivity contribution in [2.75, 3.05) is 11.9 Å². The minimum absolute atomic E-state index is 0.0689. The van der Waals surface area contributed by atoms with Gasteiger partial charge in [-0.15, -0.1) is 5.10 Å². The van der Waals surface area contributed by atoms with Crippen LogP contribution in [0.3, 0.4) is 0 Å². The van der Waals surface area contributed by atoms with Gasteiger partial charge in [0, 0.05) is 5.56 Å². The summed E-state index contributed by atoms with van der Waals surface area (Å²) in [4.78, 5) is 11.9. The number of rotatable bonds is 4. The van der Waals surface area contributed by atoms with Crippen LogP contribution in [0.25, 0.3) is 0 Å². The summed E-state index contributed by atoms with van der Waals surface area (Å²) < 4.78 is 5.31. The minimum Gasteiger partial charge on any atom is -0.504 e. The maximum Gasteiger partial charge on any atom is 0.276 e. The second kappa shape index (κ2) is 6.31. The molecular formula is C17H15N3O3. The third-order valence-corrected chi connectivity index (χ3v) is 3.29. The number of nitrogens with one attached hydrogen (secondary N) is 1. The van der Waals surface area contributed by atoms with Crippen LogP contribution < -0.4 is 10.1 Å². The summed E-state index contributed by atoms with van der Waals surface area (Å²) in [5.41, 5.74) is 2.45. The van der Waals surface area contributed by atoms with Crippen LogP contribution in [0, 0.1) is 0 Å². The Bertz CT molecular complexity index is 812. The molecule has 0 fully saturated rings. The Labute approximate surface area is 133 Å². The van der Waals surface area contributed by atoms with Gasteiger partial charge in [-0.1, -0.05) is 18.2 Å². The molecule has 0 radical (unpaired) electrons. The van der Waals surface area contributed by atoms with Crippen molar-refractivity contribution >= 4 is 23.5 Å². The van der Waals surface area contributed by atoms with Gasteiger partial charge in [0.15, 0.2) is 17.2 Å². The van der Waals surface area contributed by atoms with Gasteiger partial charge in [0.05, 0.1) is 18.5 Å². The number of hydrogen-bond donors (Lipinski definition) is 2. The van der Waals surface area contributed by atoms with Crippen LogP contribution in [0.5, 0.6) is 11.5 Å². The van der Waals surface area contributed by atoms with E-state index in [0.29, 0.717) is 17.9 Å². The Morgan fingerprint density at radius 2 is 2.09 bits per heavy atom. The van der Waals surface area contributed by atoms with Gasteiger partial charge in [0.2, 0.25) is 0 Å². The van der Waals surface area contributed by atoms with Crippen molar-refractivity contribution in [2.24, 2.45) is 10.2 Å². The molecule has 2 N–H and O–H groups in total. The van der Waals surface area contributed by atoms with E-state index in [9.17, 15) is 9.90 Å². The first kappa shape index (κ1) is 14.8. The summed E-state index contributed by atoms with van der Waals surface area (Å²) in [5.74, 6) is 0.177. The molecule has 0 saturated carbocycles. The molecule has 0 saturated heterocycles. The molecule has 3 rings (SSSR count). The third kappa shape index (κ3) is 3.06. The molecule has 0 aliphatic carbocycles. The van der Waals surface area contributed by atoms with Crippen molar-refractivity contribution in [1.82, 2.24) is 0 Å². The van der Waals surface area contributed by atoms with Crippen LogP contribution in [0.15, 0.2) is 52.7 Å². The van der Waals surface area contributed by atoms with Crippen LogP contribution in [0.2, 0.25) is 0 Å². The van der Waals surface area contributed by atoms with E-state index in [1.807, 2.05) is 31.2 Å². The summed E-state index contributed by atoms with van der Waals surface area (Å²) >= 11 is 0. The zero-order chi connectivity index (χ0) is 16.2. The Morgan fingerprint density at radius 1 is 1.26 bits per heavy atom. The molecule has 1 heterocycles. The number of amides is 1. The standard InChI is InChI=1S/C17H15N3O3/c1-2-23-15-9-11(7-8-14(15)21)10-18-20-16-12-5-3-4-6-13(12)19-17(16)22/h3-10,21H,2H2,1H3,(H,19,20,22). The molecule has 1 aliphatic rings. The number of carbonyl (C=O) groups excluding carboxylic acids is 1. The molecule has 0 bridgehead atoms. The summed E-state index contributed by atoms with van der Waals surface area (Å²) in [6.45, 7) is 2.29. The Hall–Kier alpha value is -3.15. The fourth-order valence-electron chi connectivity index (χ4n) is 2.24. The second-order valence-corrected chi connectivity index (χ2v) is 4.85. The van der Waals surface area contributed by atoms with Crippen molar-refractivity contribution in [3.63, 3.8) is 0 Å². The fourth-order valence-corrected chi connectivity index (χ4v) is 2.24. The molecule has 0 spiro atoms. The lowest BCUT2D eigenvalue weighted by atomic mass is 10.1. The highest BCUT2D eigenvalue weighted by Gasteiger charge is 2.25. The van der Waals surface area contributed by atoms with Crippen molar-refractivity contribution in [3.05, 3.63) is 53.6 Å². The summed E-state index contributed by atoms with van der Waals surface area (Å²) in [7, 11) is 0. The fraction of sp³-hybridized carbons (Fsp3) is 0.118. The number of para-hydroxylation sites is 1. The van der Waals surface area contributed by atoms with E-state index in [1.54, 1.807) is 12.1 Å². The zero-order valence-electron chi connectivity index (χ0n) is 12.5. The Balaban J connectivity index is 1.84. The predicted molar refractivity (Wildman–Crippen MR) is 88.5 cm³/mol. The number of carbonyl (C=O) groups is 1. The largest absolute Gasteiger partial charge is 0.504 e. The molecular weight excluding hydrogens is 294 g/mol. The number of aromatic hydroxyl groups is 1. The van der Waals surface area contributed by atoms with E-state index < -0.39 is 0 Å². The molecule has 0 atom stereocenters. The van der Waals surface area contributed by atoms with E-state index >= 15 is 0 Å². The first-order valence-electron chi connectivity index (χ1n) is 7.16. The van der Waals surface area contributed by atoms with Crippen molar-refractivity contribution in [2.45, 2.75) is 6.92 Å². The molecule has 1 amide bonds. The van der Waals surface area contributed by atoms with E-state index in [0.717, 1.165) is 11.3 Å². The van der Waals surface area contributed by atoms with Gasteiger partial charge in [-0.05, 0) is 36.8 Å². The van der Waals surface area contributed by atoms with Crippen LogP contribution in [0.4, 0.5) is 5.69 Å². The zero-order valence-corrected chi connectivity index (χ0v) is 12.5. The Morgan fingerprint density at radius 3 is 2.91 bits per heavy atom. The molecule has 0 unspecified atom stereocenters. The molecule has 1 aliphatic heterocycles. The highest BCUT2D eigenvalue weighted by molar-refractivity contribution is 6.53. The first-order valence-corrected chi connectivity index (χ1v) is 7.16. The summed E-state index contributed by atoms with van der Waals surface area (Å²) in [5, 5.41) is 20.4. The Kier molecular flexibility index (Phi) is 4.05. The van der Waals surface area contributed by atoms with Gasteiger partial charge in [-0.25, -0.2) is 0 Å². The first-order chi connectivity index (χ1) is 11.2. The average Bonchev–Trinajstić information content (AvgIpc) is 2.86. The number of hydrogen-bond acceptors (Lipinski definition) is 5. The number of benzene rings is 2. The number of anilines is 1. The van der Waals surface area contributed by atoms with Gasteiger partial charge in [-0.3, -0.25) is 4.79 Å². The van der Waals surface area contributed by atoms with Gasteiger partial charge in [-0.2, -0.15) is 5.10 Å². The molecule has 6 nitrogen and oxygen atoms in total. The number of fused-ring (bicyclic) bond motifs is 1. The topological polar surface area (TPSA) is 83.3 Å². The smallest absolute Gasteiger partial charge is 0.276 e. The van der Waals surface area contributed by atoms with E-state index in [-0.39, 0.29) is 17.4 Å². The van der Waals surface area contributed by atoms with Crippen molar-refractivity contribution < 1.29 is 14.6 Å². The molecule has 0 aromatic heterocycles.